The minimum Gasteiger partial charge on any atom is -0.398 e. The normalized spacial score (nSPS) is 14.1. The van der Waals surface area contributed by atoms with Crippen LogP contribution in [0.25, 0.3) is 0 Å². The molecular weight excluding hydrogens is 220 g/mol. The van der Waals surface area contributed by atoms with Gasteiger partial charge in [0, 0.05) is 26.8 Å². The van der Waals surface area contributed by atoms with Crippen molar-refractivity contribution in [2.24, 2.45) is 5.73 Å². The summed E-state index contributed by atoms with van der Waals surface area (Å²) in [4.78, 5) is 0. The fourth-order valence-electron chi connectivity index (χ4n) is 1.58. The molecule has 0 spiro atoms. The van der Waals surface area contributed by atoms with Crippen LogP contribution in [0.4, 0.5) is 0 Å². The average Bonchev–Trinajstić information content (AvgIpc) is 2.28. The lowest BCUT2D eigenvalue weighted by Gasteiger charge is -2.22. The van der Waals surface area contributed by atoms with Gasteiger partial charge >= 0.3 is 8.56 Å². The Balaban J connectivity index is 3.46. The Morgan fingerprint density at radius 1 is 1.31 bits per heavy atom. The molecule has 5 heteroatoms. The summed E-state index contributed by atoms with van der Waals surface area (Å²) in [6.45, 7) is 6.16. The van der Waals surface area contributed by atoms with Gasteiger partial charge in [0.15, 0.2) is 0 Å². The van der Waals surface area contributed by atoms with Crippen LogP contribution in [0.5, 0.6) is 0 Å². The maximum atomic E-state index is 5.90. The number of hydrogen-bond acceptors (Lipinski definition) is 4. The van der Waals surface area contributed by atoms with E-state index in [1.54, 1.807) is 14.2 Å². The van der Waals surface area contributed by atoms with Gasteiger partial charge < -0.3 is 19.9 Å². The van der Waals surface area contributed by atoms with Crippen molar-refractivity contribution in [3.05, 3.63) is 0 Å². The summed E-state index contributed by atoms with van der Waals surface area (Å²) < 4.78 is 10.8. The van der Waals surface area contributed by atoms with Gasteiger partial charge in [-0.2, -0.15) is 0 Å². The van der Waals surface area contributed by atoms with Crippen molar-refractivity contribution in [1.29, 1.82) is 0 Å². The predicted octanol–water partition coefficient (Wildman–Crippen LogP) is 1.46. The lowest BCUT2D eigenvalue weighted by Crippen LogP contribution is -2.38. The lowest BCUT2D eigenvalue weighted by molar-refractivity contribution is 0.248. The molecule has 4 nitrogen and oxygen atoms in total. The molecule has 0 aromatic carbocycles. The molecule has 0 aliphatic carbocycles. The van der Waals surface area contributed by atoms with Crippen LogP contribution < -0.4 is 11.1 Å². The number of nitrogens with one attached hydrogen (secondary N) is 1. The Morgan fingerprint density at radius 3 is 2.44 bits per heavy atom. The van der Waals surface area contributed by atoms with E-state index in [1.165, 1.54) is 0 Å². The van der Waals surface area contributed by atoms with Gasteiger partial charge in [0.05, 0.1) is 0 Å². The second-order valence-electron chi connectivity index (χ2n) is 4.40. The lowest BCUT2D eigenvalue weighted by atomic mass is 10.2. The topological polar surface area (TPSA) is 56.5 Å². The molecule has 0 aliphatic rings. The first-order chi connectivity index (χ1) is 7.58. The SMILES string of the molecule is CCCC(N)CNCCC[Si](C)(OC)OC. The molecule has 0 saturated heterocycles. The third-order valence-electron chi connectivity index (χ3n) is 2.91. The molecule has 0 radical (unpaired) electrons. The van der Waals surface area contributed by atoms with Gasteiger partial charge in [-0.05, 0) is 32.0 Å². The molecule has 0 rings (SSSR count). The fraction of sp³-hybridized carbons (Fsp3) is 1.00. The van der Waals surface area contributed by atoms with E-state index >= 15 is 0 Å². The van der Waals surface area contributed by atoms with Crippen molar-refractivity contribution in [3.8, 4) is 0 Å². The number of hydrogen-bond donors (Lipinski definition) is 2. The monoisotopic (exact) mass is 248 g/mol. The summed E-state index contributed by atoms with van der Waals surface area (Å²) >= 11 is 0. The highest BCUT2D eigenvalue weighted by Crippen LogP contribution is 2.12. The Labute approximate surface area is 101 Å². The van der Waals surface area contributed by atoms with Crippen LogP contribution in [0, 0.1) is 0 Å². The van der Waals surface area contributed by atoms with E-state index in [0.29, 0.717) is 6.04 Å². The molecule has 1 unspecified atom stereocenters. The van der Waals surface area contributed by atoms with E-state index in [-0.39, 0.29) is 0 Å². The van der Waals surface area contributed by atoms with Crippen LogP contribution in [-0.4, -0.2) is 41.9 Å². The molecule has 1 atom stereocenters. The molecule has 0 amide bonds. The second-order valence-corrected chi connectivity index (χ2v) is 7.98. The van der Waals surface area contributed by atoms with E-state index in [0.717, 1.165) is 38.4 Å². The van der Waals surface area contributed by atoms with Gasteiger partial charge in [0.25, 0.3) is 0 Å². The van der Waals surface area contributed by atoms with Crippen molar-refractivity contribution < 1.29 is 8.85 Å². The highest BCUT2D eigenvalue weighted by atomic mass is 28.4. The van der Waals surface area contributed by atoms with E-state index in [1.807, 2.05) is 0 Å². The Bertz CT molecular complexity index is 166. The molecule has 0 bridgehead atoms. The van der Waals surface area contributed by atoms with Crippen molar-refractivity contribution in [1.82, 2.24) is 5.32 Å². The van der Waals surface area contributed by atoms with Gasteiger partial charge in [-0.1, -0.05) is 13.3 Å². The third kappa shape index (κ3) is 7.35. The summed E-state index contributed by atoms with van der Waals surface area (Å²) in [7, 11) is 1.61. The first kappa shape index (κ1) is 16.1. The van der Waals surface area contributed by atoms with Crippen LogP contribution in [0.3, 0.4) is 0 Å². The van der Waals surface area contributed by atoms with Crippen LogP contribution in [0.15, 0.2) is 0 Å². The van der Waals surface area contributed by atoms with Gasteiger partial charge in [0.1, 0.15) is 0 Å². The third-order valence-corrected chi connectivity index (χ3v) is 5.90. The predicted molar refractivity (Wildman–Crippen MR) is 70.8 cm³/mol. The van der Waals surface area contributed by atoms with E-state index in [2.05, 4.69) is 18.8 Å². The standard InChI is InChI=1S/C11H28N2O2Si/c1-5-7-11(12)10-13-8-6-9-16(4,14-2)15-3/h11,13H,5-10,12H2,1-4H3. The van der Waals surface area contributed by atoms with Crippen molar-refractivity contribution in [2.45, 2.75) is 44.8 Å². The molecule has 0 fully saturated rings. The average molecular weight is 248 g/mol. The van der Waals surface area contributed by atoms with Crippen molar-refractivity contribution in [3.63, 3.8) is 0 Å². The quantitative estimate of drug-likeness (QED) is 0.454. The van der Waals surface area contributed by atoms with Crippen LogP contribution in [0.2, 0.25) is 12.6 Å². The number of nitrogens with two attached hydrogens (primary N) is 1. The minimum atomic E-state index is -1.86. The van der Waals surface area contributed by atoms with Gasteiger partial charge in [-0.15, -0.1) is 0 Å². The smallest absolute Gasteiger partial charge is 0.334 e. The molecule has 0 aliphatic heterocycles. The maximum Gasteiger partial charge on any atom is 0.334 e. The van der Waals surface area contributed by atoms with E-state index in [9.17, 15) is 0 Å². The Morgan fingerprint density at radius 2 is 1.94 bits per heavy atom. The second kappa shape index (κ2) is 9.12. The van der Waals surface area contributed by atoms with E-state index in [4.69, 9.17) is 14.6 Å². The zero-order valence-corrected chi connectivity index (χ0v) is 12.2. The molecule has 98 valence electrons. The molecule has 0 aromatic rings. The highest BCUT2D eigenvalue weighted by molar-refractivity contribution is 6.65. The Kier molecular flexibility index (Phi) is 9.16. The van der Waals surface area contributed by atoms with Crippen LogP contribution in [-0.2, 0) is 8.85 Å². The molecule has 0 heterocycles. The summed E-state index contributed by atoms with van der Waals surface area (Å²) in [6.07, 6.45) is 3.33. The largest absolute Gasteiger partial charge is 0.398 e. The van der Waals surface area contributed by atoms with Gasteiger partial charge in [0.2, 0.25) is 0 Å². The molecular formula is C11H28N2O2Si. The van der Waals surface area contributed by atoms with Crippen LogP contribution in [0.1, 0.15) is 26.2 Å². The number of rotatable bonds is 10. The van der Waals surface area contributed by atoms with Crippen molar-refractivity contribution in [2.75, 3.05) is 27.3 Å². The molecule has 0 aromatic heterocycles. The van der Waals surface area contributed by atoms with Crippen LogP contribution >= 0.6 is 0 Å². The van der Waals surface area contributed by atoms with Gasteiger partial charge in [-0.25, -0.2) is 0 Å². The summed E-state index contributed by atoms with van der Waals surface area (Å²) in [5, 5.41) is 3.38. The zero-order chi connectivity index (χ0) is 12.4. The minimum absolute atomic E-state index is 0.290. The summed E-state index contributed by atoms with van der Waals surface area (Å²) in [5.74, 6) is 0. The molecule has 3 N–H and O–H groups in total. The first-order valence-corrected chi connectivity index (χ1v) is 8.67. The molecule has 0 saturated carbocycles. The van der Waals surface area contributed by atoms with Gasteiger partial charge in [-0.3, -0.25) is 0 Å². The maximum absolute atomic E-state index is 5.90. The first-order valence-electron chi connectivity index (χ1n) is 6.14. The highest BCUT2D eigenvalue weighted by Gasteiger charge is 2.27. The Hall–Kier alpha value is 0.0569. The zero-order valence-electron chi connectivity index (χ0n) is 11.2. The summed E-state index contributed by atoms with van der Waals surface area (Å²) in [6, 6.07) is 1.31. The summed E-state index contributed by atoms with van der Waals surface area (Å²) in [5.41, 5.74) is 5.90. The molecule has 16 heavy (non-hydrogen) atoms. The fourth-order valence-corrected chi connectivity index (χ4v) is 2.98. The van der Waals surface area contributed by atoms with Crippen molar-refractivity contribution >= 4 is 8.56 Å². The van der Waals surface area contributed by atoms with E-state index < -0.39 is 8.56 Å².